The minimum Gasteiger partial charge on any atom is -0.450 e. The van der Waals surface area contributed by atoms with E-state index in [2.05, 4.69) is 0 Å². The molecule has 3 aliphatic heterocycles. The number of carbonyl (C=O) groups excluding carboxylic acids is 2. The first-order valence-corrected chi connectivity index (χ1v) is 19.8. The molecule has 55 heavy (non-hydrogen) atoms. The molecule has 16 heteroatoms. The molecule has 1 aromatic rings. The van der Waals surface area contributed by atoms with Crippen LogP contribution in [-0.4, -0.2) is 148 Å². The maximum absolute atomic E-state index is 14.0. The fourth-order valence-corrected chi connectivity index (χ4v) is 8.65. The number of amides is 1. The van der Waals surface area contributed by atoms with Gasteiger partial charge in [-0.2, -0.15) is 0 Å². The number of esters is 1. The first-order valence-electron chi connectivity index (χ1n) is 19.8. The lowest BCUT2D eigenvalue weighted by molar-refractivity contribution is -0.348. The van der Waals surface area contributed by atoms with Crippen molar-refractivity contribution in [1.29, 1.82) is 0 Å². The molecule has 6 rings (SSSR count). The molecule has 5 fully saturated rings. The second kappa shape index (κ2) is 18.5. The van der Waals surface area contributed by atoms with Gasteiger partial charge in [-0.05, 0) is 50.2 Å². The van der Waals surface area contributed by atoms with Gasteiger partial charge in [0.05, 0.1) is 43.6 Å². The first kappa shape index (κ1) is 42.2. The Hall–Kier alpha value is -2.38. The smallest absolute Gasteiger partial charge is 0.338 e. The molecule has 1 amide bonds. The van der Waals surface area contributed by atoms with Gasteiger partial charge in [0.15, 0.2) is 18.7 Å². The number of carbonyl (C=O) groups is 2. The van der Waals surface area contributed by atoms with Crippen molar-refractivity contribution in [3.05, 3.63) is 35.9 Å². The van der Waals surface area contributed by atoms with Crippen LogP contribution in [0.2, 0.25) is 0 Å². The SMILES string of the molecule is CCC1CCC[C@@H](O[C@@H]2O[C@@H](CO)[C@H](O)C(O[C@@H](CC3CCCCC3)C(=O)N3CC(F)(F)C3)C2OC(=O)c2ccccc2)[C@@H]1O[C@@H]1OC(C)[C@@H](O)[C@H](O)C1O. The van der Waals surface area contributed by atoms with E-state index in [4.69, 9.17) is 28.4 Å². The minimum atomic E-state index is -3.03. The molecule has 14 atom stereocenters. The van der Waals surface area contributed by atoms with Gasteiger partial charge in [-0.1, -0.05) is 70.1 Å². The quantitative estimate of drug-likeness (QED) is 0.183. The molecule has 0 spiro atoms. The minimum absolute atomic E-state index is 0.0540. The van der Waals surface area contributed by atoms with Crippen LogP contribution in [-0.2, 0) is 33.2 Å². The normalized spacial score (nSPS) is 38.9. The molecule has 2 saturated carbocycles. The Morgan fingerprint density at radius 3 is 2.22 bits per heavy atom. The molecular weight excluding hydrogens is 728 g/mol. The molecule has 310 valence electrons. The molecule has 5 N–H and O–H groups in total. The number of aliphatic hydroxyl groups is 5. The number of halogens is 2. The number of hydrogen-bond acceptors (Lipinski definition) is 13. The van der Waals surface area contributed by atoms with Gasteiger partial charge in [0.25, 0.3) is 11.8 Å². The summed E-state index contributed by atoms with van der Waals surface area (Å²) in [5.74, 6) is -4.58. The van der Waals surface area contributed by atoms with Crippen LogP contribution < -0.4 is 0 Å². The van der Waals surface area contributed by atoms with Crippen molar-refractivity contribution in [2.75, 3.05) is 19.7 Å². The average molecular weight is 786 g/mol. The summed E-state index contributed by atoms with van der Waals surface area (Å²) in [6, 6.07) is 8.06. The molecule has 14 nitrogen and oxygen atoms in total. The van der Waals surface area contributed by atoms with E-state index < -0.39 is 117 Å². The summed E-state index contributed by atoms with van der Waals surface area (Å²) in [5.41, 5.74) is 0.166. The Morgan fingerprint density at radius 2 is 1.56 bits per heavy atom. The summed E-state index contributed by atoms with van der Waals surface area (Å²) in [5, 5.41) is 53.7. The Labute approximate surface area is 320 Å². The van der Waals surface area contributed by atoms with Crippen molar-refractivity contribution in [1.82, 2.24) is 4.90 Å². The first-order chi connectivity index (χ1) is 26.3. The zero-order chi connectivity index (χ0) is 39.4. The number of ether oxygens (including phenoxy) is 6. The van der Waals surface area contributed by atoms with Gasteiger partial charge in [0.2, 0.25) is 0 Å². The highest BCUT2D eigenvalue weighted by atomic mass is 19.3. The maximum Gasteiger partial charge on any atom is 0.338 e. The lowest BCUT2D eigenvalue weighted by Gasteiger charge is -2.48. The summed E-state index contributed by atoms with van der Waals surface area (Å²) in [7, 11) is 0. The van der Waals surface area contributed by atoms with Crippen LogP contribution in [0, 0.1) is 11.8 Å². The molecule has 2 aliphatic carbocycles. The van der Waals surface area contributed by atoms with E-state index in [1.807, 2.05) is 6.92 Å². The second-order valence-electron chi connectivity index (χ2n) is 15.9. The van der Waals surface area contributed by atoms with E-state index >= 15 is 0 Å². The Kier molecular flexibility index (Phi) is 14.2. The molecule has 0 bridgehead atoms. The van der Waals surface area contributed by atoms with Crippen molar-refractivity contribution < 1.29 is 72.3 Å². The molecule has 3 saturated heterocycles. The predicted octanol–water partition coefficient (Wildman–Crippen LogP) is 2.30. The van der Waals surface area contributed by atoms with Crippen molar-refractivity contribution in [3.8, 4) is 0 Å². The third-order valence-corrected chi connectivity index (χ3v) is 11.9. The fourth-order valence-electron chi connectivity index (χ4n) is 8.65. The van der Waals surface area contributed by atoms with Crippen molar-refractivity contribution in [2.45, 2.75) is 164 Å². The molecular formula is C39H57F2NO13. The molecule has 3 heterocycles. The summed E-state index contributed by atoms with van der Waals surface area (Å²) < 4.78 is 65.3. The van der Waals surface area contributed by atoms with Gasteiger partial charge in [0.1, 0.15) is 42.7 Å². The average Bonchev–Trinajstić information content (AvgIpc) is 3.17. The van der Waals surface area contributed by atoms with E-state index in [-0.39, 0.29) is 23.8 Å². The summed E-state index contributed by atoms with van der Waals surface area (Å²) in [6.07, 6.45) is -9.73. The van der Waals surface area contributed by atoms with Gasteiger partial charge < -0.3 is 58.9 Å². The third kappa shape index (κ3) is 9.85. The molecule has 1 aromatic carbocycles. The standard InChI is InChI=1S/C39H57F2NO13/c1-3-23-15-10-16-25(32(23)55-37-31(47)30(46)28(44)21(2)50-37)52-38-34(54-36(49)24-13-8-5-9-14-24)33(29(45)27(18-43)53-38)51-26(17-22-11-6-4-7-12-22)35(48)42-19-39(40,41)20-42/h5,8-9,13-14,21-23,25-34,37-38,43-47H,3-4,6-7,10-12,15-20H2,1-2H3/t21?,23?,25-,26+,27+,28-,29+,30+,31?,32-,33?,34?,37+,38-/m1/s1. The van der Waals surface area contributed by atoms with Crippen LogP contribution in [0.5, 0.6) is 0 Å². The number of aliphatic hydroxyl groups excluding tert-OH is 5. The van der Waals surface area contributed by atoms with E-state index in [0.29, 0.717) is 19.3 Å². The van der Waals surface area contributed by atoms with Crippen LogP contribution in [0.25, 0.3) is 0 Å². The summed E-state index contributed by atoms with van der Waals surface area (Å²) >= 11 is 0. The van der Waals surface area contributed by atoms with Crippen molar-refractivity contribution >= 4 is 11.9 Å². The topological polar surface area (TPSA) is 194 Å². The summed E-state index contributed by atoms with van der Waals surface area (Å²) in [6.45, 7) is 1.27. The zero-order valence-electron chi connectivity index (χ0n) is 31.4. The van der Waals surface area contributed by atoms with Gasteiger partial charge in [0, 0.05) is 0 Å². The van der Waals surface area contributed by atoms with E-state index in [9.17, 15) is 43.9 Å². The highest BCUT2D eigenvalue weighted by Crippen LogP contribution is 2.39. The lowest BCUT2D eigenvalue weighted by atomic mass is 9.82. The van der Waals surface area contributed by atoms with Crippen molar-refractivity contribution in [3.63, 3.8) is 0 Å². The number of benzene rings is 1. The van der Waals surface area contributed by atoms with Crippen LogP contribution in [0.4, 0.5) is 8.78 Å². The van der Waals surface area contributed by atoms with E-state index in [1.165, 1.54) is 12.1 Å². The lowest BCUT2D eigenvalue weighted by Crippen LogP contribution is -2.65. The number of rotatable bonds is 13. The largest absolute Gasteiger partial charge is 0.450 e. The van der Waals surface area contributed by atoms with Crippen LogP contribution >= 0.6 is 0 Å². The van der Waals surface area contributed by atoms with E-state index in [1.54, 1.807) is 25.1 Å². The van der Waals surface area contributed by atoms with E-state index in [0.717, 1.165) is 43.4 Å². The maximum atomic E-state index is 14.0. The highest BCUT2D eigenvalue weighted by molar-refractivity contribution is 5.89. The fraction of sp³-hybridized carbons (Fsp3) is 0.795. The van der Waals surface area contributed by atoms with Gasteiger partial charge in [-0.3, -0.25) is 4.79 Å². The molecule has 5 unspecified atom stereocenters. The Bertz CT molecular complexity index is 1400. The number of likely N-dealkylation sites (tertiary alicyclic amines) is 1. The number of nitrogens with zero attached hydrogens (tertiary/aromatic N) is 1. The third-order valence-electron chi connectivity index (χ3n) is 11.9. The van der Waals surface area contributed by atoms with Crippen LogP contribution in [0.1, 0.15) is 88.4 Å². The predicted molar refractivity (Wildman–Crippen MR) is 189 cm³/mol. The van der Waals surface area contributed by atoms with Gasteiger partial charge in [-0.15, -0.1) is 0 Å². The Morgan fingerprint density at radius 1 is 0.855 bits per heavy atom. The molecule has 0 radical (unpaired) electrons. The molecule has 0 aromatic heterocycles. The number of alkyl halides is 2. The van der Waals surface area contributed by atoms with Crippen molar-refractivity contribution in [2.24, 2.45) is 11.8 Å². The molecule has 5 aliphatic rings. The Balaban J connectivity index is 1.31. The number of hydrogen-bond donors (Lipinski definition) is 5. The summed E-state index contributed by atoms with van der Waals surface area (Å²) in [4.78, 5) is 28.6. The van der Waals surface area contributed by atoms with Crippen LogP contribution in [0.3, 0.4) is 0 Å². The van der Waals surface area contributed by atoms with Gasteiger partial charge in [-0.25, -0.2) is 13.6 Å². The van der Waals surface area contributed by atoms with Crippen LogP contribution in [0.15, 0.2) is 30.3 Å². The monoisotopic (exact) mass is 785 g/mol. The zero-order valence-corrected chi connectivity index (χ0v) is 31.4. The van der Waals surface area contributed by atoms with Gasteiger partial charge >= 0.3 is 5.97 Å². The highest BCUT2D eigenvalue weighted by Gasteiger charge is 2.54. The second-order valence-corrected chi connectivity index (χ2v) is 15.9.